The Kier molecular flexibility index (Phi) is 9.09. The smallest absolute Gasteiger partial charge is 0.494 e. The van der Waals surface area contributed by atoms with Gasteiger partial charge in [-0.25, -0.2) is 8.78 Å². The third-order valence-corrected chi connectivity index (χ3v) is 8.81. The minimum atomic E-state index is -4.85. The molecular formula is C32H33F5N2O6. The van der Waals surface area contributed by atoms with Crippen LogP contribution in [0.3, 0.4) is 0 Å². The molecule has 1 aliphatic heterocycles. The summed E-state index contributed by atoms with van der Waals surface area (Å²) in [6.45, 7) is 1.93. The number of benzene rings is 2. The van der Waals surface area contributed by atoms with Crippen LogP contribution >= 0.6 is 0 Å². The highest BCUT2D eigenvalue weighted by molar-refractivity contribution is 6.26. The molecule has 13 heteroatoms. The highest BCUT2D eigenvalue weighted by atomic mass is 19.4. The number of methoxy groups -OCH3 is 1. The number of hydrogen-bond acceptors (Lipinski definition) is 6. The van der Waals surface area contributed by atoms with Gasteiger partial charge < -0.3 is 24.8 Å². The predicted octanol–water partition coefficient (Wildman–Crippen LogP) is 6.00. The Morgan fingerprint density at radius 1 is 1.13 bits per heavy atom. The van der Waals surface area contributed by atoms with E-state index in [1.54, 1.807) is 11.8 Å². The Bertz CT molecular complexity index is 1530. The van der Waals surface area contributed by atoms with Crippen molar-refractivity contribution >= 4 is 23.3 Å². The number of piperidine rings is 1. The molecule has 2 aromatic rings. The van der Waals surface area contributed by atoms with Crippen LogP contribution in [0.2, 0.25) is 0 Å². The summed E-state index contributed by atoms with van der Waals surface area (Å²) >= 11 is 0. The van der Waals surface area contributed by atoms with E-state index in [2.05, 4.69) is 10.1 Å². The first-order valence-corrected chi connectivity index (χ1v) is 14.7. The molecule has 1 saturated carbocycles. The number of Topliss-reactive ketones (excluding diaryl/α,β-unsaturated/α-hetero) is 1. The van der Waals surface area contributed by atoms with E-state index in [9.17, 15) is 37.1 Å². The van der Waals surface area contributed by atoms with Crippen molar-refractivity contribution in [2.45, 2.75) is 64.0 Å². The zero-order valence-electron chi connectivity index (χ0n) is 24.7. The molecule has 0 bridgehead atoms. The number of anilines is 1. The van der Waals surface area contributed by atoms with E-state index in [0.29, 0.717) is 23.1 Å². The van der Waals surface area contributed by atoms with Crippen molar-refractivity contribution < 1.29 is 50.9 Å². The van der Waals surface area contributed by atoms with Gasteiger partial charge in [0.1, 0.15) is 23.4 Å². The summed E-state index contributed by atoms with van der Waals surface area (Å²) in [5.41, 5.74) is 0.970. The number of carbonyl (C=O) groups is 3. The molecule has 2 N–H and O–H groups in total. The van der Waals surface area contributed by atoms with Crippen molar-refractivity contribution in [1.29, 1.82) is 0 Å². The summed E-state index contributed by atoms with van der Waals surface area (Å²) in [5, 5.41) is 12.0. The van der Waals surface area contributed by atoms with Gasteiger partial charge in [-0.1, -0.05) is 12.1 Å². The number of allylic oxidation sites excluding steroid dienone is 1. The number of ketones is 1. The van der Waals surface area contributed by atoms with Crippen LogP contribution in [0.4, 0.5) is 27.6 Å². The SMILES string of the molecule is COc1c2c(cc(F)c1N1CCC(C(=O)O)CC1)C(=O)C(C(=O)NCc1ccc(OC(F)(F)F)cc1C)=CCCC2[C@@H]1C[C@@H]1F. The number of carboxylic acids is 1. The quantitative estimate of drug-likeness (QED) is 0.271. The molecule has 2 aromatic carbocycles. The molecule has 8 nitrogen and oxygen atoms in total. The number of amides is 1. The highest BCUT2D eigenvalue weighted by Crippen LogP contribution is 2.53. The minimum absolute atomic E-state index is 0.0784. The third-order valence-electron chi connectivity index (χ3n) is 8.81. The van der Waals surface area contributed by atoms with Gasteiger partial charge in [-0.2, -0.15) is 0 Å². The lowest BCUT2D eigenvalue weighted by atomic mass is 9.80. The van der Waals surface area contributed by atoms with Crippen LogP contribution in [-0.4, -0.2) is 55.5 Å². The normalized spacial score (nSPS) is 22.1. The lowest BCUT2D eigenvalue weighted by Crippen LogP contribution is -2.37. The molecule has 1 unspecified atom stereocenters. The summed E-state index contributed by atoms with van der Waals surface area (Å²) in [5.74, 6) is -5.00. The first-order valence-electron chi connectivity index (χ1n) is 14.7. The van der Waals surface area contributed by atoms with Gasteiger partial charge in [0.15, 0.2) is 11.6 Å². The molecule has 0 spiro atoms. The highest BCUT2D eigenvalue weighted by Gasteiger charge is 2.47. The van der Waals surface area contributed by atoms with Gasteiger partial charge >= 0.3 is 12.3 Å². The molecular weight excluding hydrogens is 603 g/mol. The first kappa shape index (κ1) is 32.2. The summed E-state index contributed by atoms with van der Waals surface area (Å²) in [6.07, 6.45) is -3.02. The summed E-state index contributed by atoms with van der Waals surface area (Å²) in [4.78, 5) is 40.4. The van der Waals surface area contributed by atoms with Crippen LogP contribution in [0.1, 0.15) is 65.1 Å². The molecule has 3 atom stereocenters. The average Bonchev–Trinajstić information content (AvgIpc) is 3.70. The molecule has 1 amide bonds. The predicted molar refractivity (Wildman–Crippen MR) is 153 cm³/mol. The molecule has 2 fully saturated rings. The zero-order valence-corrected chi connectivity index (χ0v) is 24.7. The number of ether oxygens (including phenoxy) is 2. The number of alkyl halides is 4. The number of aliphatic carboxylic acids is 1. The second kappa shape index (κ2) is 12.7. The fourth-order valence-corrected chi connectivity index (χ4v) is 6.38. The molecule has 1 saturated heterocycles. The largest absolute Gasteiger partial charge is 0.573 e. The third kappa shape index (κ3) is 6.91. The van der Waals surface area contributed by atoms with Crippen molar-refractivity contribution in [1.82, 2.24) is 5.32 Å². The van der Waals surface area contributed by atoms with E-state index in [-0.39, 0.29) is 67.9 Å². The van der Waals surface area contributed by atoms with E-state index in [1.165, 1.54) is 25.3 Å². The monoisotopic (exact) mass is 636 g/mol. The molecule has 242 valence electrons. The maximum absolute atomic E-state index is 15.9. The van der Waals surface area contributed by atoms with E-state index >= 15 is 4.39 Å². The summed E-state index contributed by atoms with van der Waals surface area (Å²) in [7, 11) is 1.33. The van der Waals surface area contributed by atoms with Gasteiger partial charge in [0, 0.05) is 30.8 Å². The maximum atomic E-state index is 15.9. The Labute approximate surface area is 256 Å². The van der Waals surface area contributed by atoms with Gasteiger partial charge in [0.05, 0.1) is 18.6 Å². The standard InChI is InChI=1S/C32H33F5N2O6/c1-16-12-19(45-32(35,36)37)7-6-18(16)15-38-30(41)21-5-3-4-20(22-13-24(22)33)26-23(28(21)40)14-25(34)27(29(26)44-2)39-10-8-17(9-11-39)31(42)43/h5-7,12,14,17,20,22,24H,3-4,8-11,13,15H2,1-2H3,(H,38,41)(H,42,43)/t20?,22-,24-/m0/s1. The van der Waals surface area contributed by atoms with Crippen LogP contribution in [0, 0.1) is 24.6 Å². The fourth-order valence-electron chi connectivity index (χ4n) is 6.38. The van der Waals surface area contributed by atoms with E-state index in [4.69, 9.17) is 4.74 Å². The minimum Gasteiger partial charge on any atom is -0.494 e. The van der Waals surface area contributed by atoms with Gasteiger partial charge in [0.25, 0.3) is 5.91 Å². The average molecular weight is 637 g/mol. The van der Waals surface area contributed by atoms with Crippen molar-refractivity contribution in [3.63, 3.8) is 0 Å². The van der Waals surface area contributed by atoms with Gasteiger partial charge in [-0.05, 0) is 80.2 Å². The molecule has 1 heterocycles. The van der Waals surface area contributed by atoms with Crippen LogP contribution in [-0.2, 0) is 16.1 Å². The lowest BCUT2D eigenvalue weighted by Gasteiger charge is -2.35. The van der Waals surface area contributed by atoms with Gasteiger partial charge in [-0.3, -0.25) is 14.4 Å². The van der Waals surface area contributed by atoms with Crippen molar-refractivity contribution in [2.75, 3.05) is 25.1 Å². The van der Waals surface area contributed by atoms with E-state index < -0.39 is 59.5 Å². The van der Waals surface area contributed by atoms with Crippen LogP contribution < -0.4 is 19.7 Å². The van der Waals surface area contributed by atoms with Crippen LogP contribution in [0.5, 0.6) is 11.5 Å². The number of fused-ring (bicyclic) bond motifs is 1. The first-order chi connectivity index (χ1) is 21.3. The number of halogens is 5. The van der Waals surface area contributed by atoms with Crippen LogP contribution in [0.25, 0.3) is 0 Å². The number of hydrogen-bond donors (Lipinski definition) is 2. The summed E-state index contributed by atoms with van der Waals surface area (Å²) in [6, 6.07) is 4.72. The molecule has 2 aliphatic carbocycles. The summed E-state index contributed by atoms with van der Waals surface area (Å²) < 4.78 is 77.7. The van der Waals surface area contributed by atoms with Crippen LogP contribution in [0.15, 0.2) is 35.9 Å². The second-order valence-corrected chi connectivity index (χ2v) is 11.7. The molecule has 0 radical (unpaired) electrons. The lowest BCUT2D eigenvalue weighted by molar-refractivity contribution is -0.274. The maximum Gasteiger partial charge on any atom is 0.573 e. The number of nitrogens with zero attached hydrogens (tertiary/aromatic N) is 1. The molecule has 5 rings (SSSR count). The molecule has 3 aliphatic rings. The fraction of sp³-hybridized carbons (Fsp3) is 0.469. The number of nitrogens with one attached hydrogen (secondary N) is 1. The number of carboxylic acid groups (broad SMARTS) is 1. The van der Waals surface area contributed by atoms with E-state index in [1.807, 2.05) is 0 Å². The Morgan fingerprint density at radius 3 is 2.40 bits per heavy atom. The second-order valence-electron chi connectivity index (χ2n) is 11.7. The topological polar surface area (TPSA) is 105 Å². The Balaban J connectivity index is 1.44. The van der Waals surface area contributed by atoms with Crippen molar-refractivity contribution in [2.24, 2.45) is 11.8 Å². The van der Waals surface area contributed by atoms with Gasteiger partial charge in [-0.15, -0.1) is 13.2 Å². The number of rotatable bonds is 8. The molecule has 45 heavy (non-hydrogen) atoms. The Morgan fingerprint density at radius 2 is 1.82 bits per heavy atom. The number of carbonyl (C=O) groups excluding carboxylic acids is 2. The van der Waals surface area contributed by atoms with Gasteiger partial charge in [0.2, 0.25) is 0 Å². The van der Waals surface area contributed by atoms with Crippen molar-refractivity contribution in [3.05, 3.63) is 64.0 Å². The molecule has 0 aromatic heterocycles. The number of aryl methyl sites for hydroxylation is 1. The van der Waals surface area contributed by atoms with E-state index in [0.717, 1.165) is 12.1 Å². The Hall–Kier alpha value is -4.16. The zero-order chi connectivity index (χ0) is 32.6. The van der Waals surface area contributed by atoms with Crippen molar-refractivity contribution in [3.8, 4) is 11.5 Å².